The summed E-state index contributed by atoms with van der Waals surface area (Å²) in [7, 11) is 0. The molecule has 7 nitrogen and oxygen atoms in total. The topological polar surface area (TPSA) is 110 Å². The molecular formula is C29H40F2O7. The number of carbonyl (C=O) groups is 3. The molecule has 38 heavy (non-hydrogen) atoms. The van der Waals surface area contributed by atoms with Gasteiger partial charge in [-0.05, 0) is 49.2 Å². The number of fused-ring (bicyclic) bond motifs is 5. The molecule has 4 rings (SSSR count). The average molecular weight is 539 g/mol. The van der Waals surface area contributed by atoms with Crippen LogP contribution < -0.4 is 0 Å². The van der Waals surface area contributed by atoms with Crippen LogP contribution in [0.2, 0.25) is 0 Å². The molecule has 0 aliphatic heterocycles. The fourth-order valence-corrected chi connectivity index (χ4v) is 8.36. The van der Waals surface area contributed by atoms with E-state index < -0.39 is 75.4 Å². The number of halogens is 2. The summed E-state index contributed by atoms with van der Waals surface area (Å²) in [5, 5.41) is 22.0. The number of allylic oxidation sites excluding steroid dienone is 4. The van der Waals surface area contributed by atoms with E-state index in [0.717, 1.165) is 0 Å². The third-order valence-electron chi connectivity index (χ3n) is 10.3. The highest BCUT2D eigenvalue weighted by molar-refractivity contribution is 5.93. The fourth-order valence-electron chi connectivity index (χ4n) is 8.36. The summed E-state index contributed by atoms with van der Waals surface area (Å²) in [6.45, 7) is 12.2. The van der Waals surface area contributed by atoms with Crippen molar-refractivity contribution in [3.8, 4) is 0 Å². The van der Waals surface area contributed by atoms with Crippen LogP contribution in [0.1, 0.15) is 80.6 Å². The molecule has 0 radical (unpaired) electrons. The Morgan fingerprint density at radius 1 is 1.24 bits per heavy atom. The van der Waals surface area contributed by atoms with Crippen molar-refractivity contribution in [1.82, 2.24) is 0 Å². The minimum atomic E-state index is -2.34. The van der Waals surface area contributed by atoms with E-state index in [2.05, 4.69) is 0 Å². The number of ketones is 1. The first-order chi connectivity index (χ1) is 17.4. The Labute approximate surface area is 222 Å². The summed E-state index contributed by atoms with van der Waals surface area (Å²) < 4.78 is 44.2. The highest BCUT2D eigenvalue weighted by Crippen LogP contribution is 2.71. The Kier molecular flexibility index (Phi) is 6.70. The molecule has 0 aromatic rings. The highest BCUT2D eigenvalue weighted by Gasteiger charge is 2.78. The van der Waals surface area contributed by atoms with Crippen molar-refractivity contribution in [1.29, 1.82) is 0 Å². The quantitative estimate of drug-likeness (QED) is 0.442. The van der Waals surface area contributed by atoms with E-state index in [1.807, 2.05) is 27.7 Å². The number of hydrogen-bond donors (Lipinski definition) is 2. The third-order valence-corrected chi connectivity index (χ3v) is 10.3. The van der Waals surface area contributed by atoms with Crippen LogP contribution in [0.5, 0.6) is 0 Å². The van der Waals surface area contributed by atoms with Gasteiger partial charge in [-0.3, -0.25) is 4.79 Å². The maximum absolute atomic E-state index is 17.3. The lowest BCUT2D eigenvalue weighted by atomic mass is 9.45. The van der Waals surface area contributed by atoms with Crippen molar-refractivity contribution in [2.24, 2.45) is 34.0 Å². The predicted octanol–water partition coefficient (Wildman–Crippen LogP) is 5.70. The van der Waals surface area contributed by atoms with Gasteiger partial charge in [0.25, 0.3) is 0 Å². The first-order valence-electron chi connectivity index (χ1n) is 13.5. The summed E-state index contributed by atoms with van der Waals surface area (Å²) in [6, 6.07) is 0. The molecular weight excluding hydrogens is 498 g/mol. The highest BCUT2D eigenvalue weighted by atomic mass is 19.1. The van der Waals surface area contributed by atoms with Crippen LogP contribution in [-0.4, -0.2) is 51.6 Å². The number of rotatable bonds is 4. The van der Waals surface area contributed by atoms with Crippen LogP contribution >= 0.6 is 0 Å². The second kappa shape index (κ2) is 8.86. The summed E-state index contributed by atoms with van der Waals surface area (Å²) in [6.07, 6.45) is -1.09. The largest absolute Gasteiger partial charge is 0.509 e. The zero-order valence-electron chi connectivity index (χ0n) is 23.3. The van der Waals surface area contributed by atoms with E-state index in [0.29, 0.717) is 6.42 Å². The SMILES string of the molecule is CCC(OC(=O)O[C@]1(C(=O)O)[C@H](C)C[C@H]2[C@@H]3CC(F)=C4CC(=O)C=C[C@]4(C)[C@@]3(F)[C@@H](O)C[C@@]21C)C(C)(C)C. The van der Waals surface area contributed by atoms with Gasteiger partial charge in [0.15, 0.2) is 11.5 Å². The van der Waals surface area contributed by atoms with E-state index in [1.165, 1.54) is 19.1 Å². The Hall–Kier alpha value is -2.29. The van der Waals surface area contributed by atoms with Crippen LogP contribution in [0.15, 0.2) is 23.6 Å². The van der Waals surface area contributed by atoms with E-state index in [-0.39, 0.29) is 37.0 Å². The molecule has 0 spiro atoms. The number of carboxylic acids is 1. The fraction of sp³-hybridized carbons (Fsp3) is 0.759. The summed E-state index contributed by atoms with van der Waals surface area (Å²) in [4.78, 5) is 38.1. The standard InChI is InChI=1S/C29H40F2O7/c1-8-22(25(3,4)5)37-24(36)38-29(23(34)35)15(2)11-17-18-13-20(30)19-12-16(32)9-10-26(19,6)28(18,31)21(33)14-27(17,29)7/h9-10,15,17-18,21-22,33H,8,11-14H2,1-7H3,(H,34,35)/t15-,17+,18+,21+,22?,26+,27+,28+,29+/m1/s1. The van der Waals surface area contributed by atoms with Gasteiger partial charge in [-0.2, -0.15) is 0 Å². The molecule has 2 saturated carbocycles. The lowest BCUT2D eigenvalue weighted by molar-refractivity contribution is -0.227. The lowest BCUT2D eigenvalue weighted by Crippen LogP contribution is -2.69. The van der Waals surface area contributed by atoms with Crippen LogP contribution in [0.4, 0.5) is 13.6 Å². The number of aliphatic carboxylic acids is 1. The van der Waals surface area contributed by atoms with Crippen molar-refractivity contribution in [3.63, 3.8) is 0 Å². The molecule has 0 aromatic heterocycles. The van der Waals surface area contributed by atoms with E-state index in [9.17, 15) is 24.6 Å². The van der Waals surface area contributed by atoms with Crippen molar-refractivity contribution in [2.45, 2.75) is 104 Å². The number of hydrogen-bond acceptors (Lipinski definition) is 6. The van der Waals surface area contributed by atoms with E-state index >= 15 is 8.78 Å². The molecule has 0 saturated heterocycles. The van der Waals surface area contributed by atoms with Crippen molar-refractivity contribution < 1.29 is 42.9 Å². The summed E-state index contributed by atoms with van der Waals surface area (Å²) in [5.74, 6) is -4.93. The second-order valence-electron chi connectivity index (χ2n) is 13.3. The van der Waals surface area contributed by atoms with Crippen LogP contribution in [0.25, 0.3) is 0 Å². The van der Waals surface area contributed by atoms with Gasteiger partial charge in [0.1, 0.15) is 11.9 Å². The van der Waals surface area contributed by atoms with E-state index in [4.69, 9.17) is 9.47 Å². The van der Waals surface area contributed by atoms with Gasteiger partial charge in [0.05, 0.1) is 6.10 Å². The molecule has 0 amide bonds. The van der Waals surface area contributed by atoms with E-state index in [1.54, 1.807) is 13.8 Å². The van der Waals surface area contributed by atoms with Gasteiger partial charge in [0.2, 0.25) is 5.60 Å². The molecule has 0 aromatic carbocycles. The average Bonchev–Trinajstić information content (AvgIpc) is 3.02. The molecule has 2 fully saturated rings. The summed E-state index contributed by atoms with van der Waals surface area (Å²) >= 11 is 0. The van der Waals surface area contributed by atoms with Crippen molar-refractivity contribution in [3.05, 3.63) is 23.6 Å². The van der Waals surface area contributed by atoms with Crippen molar-refractivity contribution >= 4 is 17.9 Å². The van der Waals surface area contributed by atoms with Gasteiger partial charge in [0, 0.05) is 35.5 Å². The Morgan fingerprint density at radius 3 is 2.42 bits per heavy atom. The molecule has 0 bridgehead atoms. The maximum Gasteiger partial charge on any atom is 0.509 e. The number of aliphatic hydroxyl groups is 1. The van der Waals surface area contributed by atoms with Gasteiger partial charge >= 0.3 is 12.1 Å². The van der Waals surface area contributed by atoms with Crippen LogP contribution in [-0.2, 0) is 19.1 Å². The van der Waals surface area contributed by atoms with Gasteiger partial charge in [-0.25, -0.2) is 18.4 Å². The molecule has 4 aliphatic rings. The molecule has 4 aliphatic carbocycles. The van der Waals surface area contributed by atoms with Crippen molar-refractivity contribution in [2.75, 3.05) is 0 Å². The van der Waals surface area contributed by atoms with Crippen LogP contribution in [0.3, 0.4) is 0 Å². The number of carbonyl (C=O) groups excluding carboxylic acids is 2. The first-order valence-corrected chi connectivity index (χ1v) is 13.5. The maximum atomic E-state index is 17.3. The Balaban J connectivity index is 1.78. The third kappa shape index (κ3) is 3.63. The second-order valence-corrected chi connectivity index (χ2v) is 13.3. The first kappa shape index (κ1) is 28.7. The number of aliphatic hydroxyl groups excluding tert-OH is 1. The predicted molar refractivity (Wildman–Crippen MR) is 134 cm³/mol. The van der Waals surface area contributed by atoms with Gasteiger partial charge in [-0.1, -0.05) is 47.6 Å². The lowest BCUT2D eigenvalue weighted by Gasteiger charge is -2.61. The van der Waals surface area contributed by atoms with Gasteiger partial charge < -0.3 is 19.7 Å². The zero-order valence-corrected chi connectivity index (χ0v) is 23.3. The number of carboxylic acid groups (broad SMARTS) is 1. The minimum absolute atomic E-state index is 0.0366. The molecule has 212 valence electrons. The number of ether oxygens (including phenoxy) is 2. The van der Waals surface area contributed by atoms with Gasteiger partial charge in [-0.15, -0.1) is 0 Å². The zero-order chi connectivity index (χ0) is 28.6. The number of alkyl halides is 1. The monoisotopic (exact) mass is 538 g/mol. The Morgan fingerprint density at radius 2 is 1.87 bits per heavy atom. The molecule has 9 heteroatoms. The molecule has 9 atom stereocenters. The summed E-state index contributed by atoms with van der Waals surface area (Å²) in [5.41, 5.74) is -7.81. The molecule has 2 N–H and O–H groups in total. The Bertz CT molecular complexity index is 1110. The normalized spacial score (nSPS) is 43.2. The smallest absolute Gasteiger partial charge is 0.478 e. The minimum Gasteiger partial charge on any atom is -0.478 e. The molecule has 0 heterocycles. The molecule has 1 unspecified atom stereocenters. The van der Waals surface area contributed by atoms with Crippen LogP contribution in [0, 0.1) is 34.0 Å².